The van der Waals surface area contributed by atoms with Crippen LogP contribution in [-0.4, -0.2) is 18.1 Å². The van der Waals surface area contributed by atoms with Crippen molar-refractivity contribution in [2.75, 3.05) is 13.1 Å². The van der Waals surface area contributed by atoms with Gasteiger partial charge < -0.3 is 10.3 Å². The van der Waals surface area contributed by atoms with E-state index in [0.717, 1.165) is 13.0 Å². The first-order chi connectivity index (χ1) is 5.83. The molecule has 3 N–H and O–H groups in total. The van der Waals surface area contributed by atoms with Gasteiger partial charge in [-0.15, -0.1) is 6.58 Å². The molecule has 1 aliphatic heterocycles. The van der Waals surface area contributed by atoms with Crippen LogP contribution in [0.4, 0.5) is 0 Å². The highest BCUT2D eigenvalue weighted by Crippen LogP contribution is 2.09. The Morgan fingerprint density at radius 2 is 2.42 bits per heavy atom. The number of nitrogens with zero attached hydrogens (tertiary/aromatic N) is 1. The largest absolute Gasteiger partial charge is 0.387 e. The van der Waals surface area contributed by atoms with Crippen molar-refractivity contribution in [3.05, 3.63) is 24.6 Å². The summed E-state index contributed by atoms with van der Waals surface area (Å²) in [6.45, 7) is 5.40. The minimum atomic E-state index is 0.700. The lowest BCUT2D eigenvalue weighted by Crippen LogP contribution is -2.29. The van der Waals surface area contributed by atoms with Gasteiger partial charge in [-0.25, -0.2) is 5.84 Å². The van der Waals surface area contributed by atoms with E-state index in [1.807, 2.05) is 6.20 Å². The van der Waals surface area contributed by atoms with Crippen molar-refractivity contribution in [3.63, 3.8) is 0 Å². The molecule has 1 aliphatic rings. The molecule has 1 rings (SSSR count). The van der Waals surface area contributed by atoms with Crippen LogP contribution in [0.3, 0.4) is 0 Å². The van der Waals surface area contributed by atoms with Crippen LogP contribution in [0.25, 0.3) is 0 Å². The standard InChI is InChI=1S/C9H17N3/c1-2-7-12(10)8-9-5-3-4-6-11-9/h2,8,11H,1,3-7,10H2/b9-8-. The second kappa shape index (κ2) is 4.83. The molecule has 12 heavy (non-hydrogen) atoms. The molecule has 0 radical (unpaired) electrons. The van der Waals surface area contributed by atoms with Crippen LogP contribution >= 0.6 is 0 Å². The Morgan fingerprint density at radius 1 is 1.58 bits per heavy atom. The van der Waals surface area contributed by atoms with E-state index in [9.17, 15) is 0 Å². The zero-order chi connectivity index (χ0) is 8.81. The Labute approximate surface area is 73.9 Å². The van der Waals surface area contributed by atoms with Crippen molar-refractivity contribution in [1.29, 1.82) is 0 Å². The van der Waals surface area contributed by atoms with Gasteiger partial charge in [0.25, 0.3) is 0 Å². The van der Waals surface area contributed by atoms with Gasteiger partial charge in [-0.05, 0) is 19.3 Å². The molecule has 0 aliphatic carbocycles. The molecule has 68 valence electrons. The molecule has 0 aromatic carbocycles. The third-order valence-corrected chi connectivity index (χ3v) is 1.89. The summed E-state index contributed by atoms with van der Waals surface area (Å²) in [6.07, 6.45) is 7.40. The Hall–Kier alpha value is -0.960. The maximum absolute atomic E-state index is 5.66. The topological polar surface area (TPSA) is 41.3 Å². The number of hydrogen-bond acceptors (Lipinski definition) is 3. The van der Waals surface area contributed by atoms with Crippen molar-refractivity contribution in [1.82, 2.24) is 10.3 Å². The molecule has 3 nitrogen and oxygen atoms in total. The molecular formula is C9H17N3. The lowest BCUT2D eigenvalue weighted by Gasteiger charge is -2.19. The predicted molar refractivity (Wildman–Crippen MR) is 51.0 cm³/mol. The molecule has 1 fully saturated rings. The highest BCUT2D eigenvalue weighted by Gasteiger charge is 2.03. The fraction of sp³-hybridized carbons (Fsp3) is 0.556. The van der Waals surface area contributed by atoms with E-state index < -0.39 is 0 Å². The Bertz CT molecular complexity index is 167. The summed E-state index contributed by atoms with van der Waals surface area (Å²) >= 11 is 0. The number of piperidine rings is 1. The number of allylic oxidation sites excluding steroid dienone is 1. The van der Waals surface area contributed by atoms with E-state index in [1.165, 1.54) is 18.5 Å². The monoisotopic (exact) mass is 167 g/mol. The van der Waals surface area contributed by atoms with Gasteiger partial charge in [0, 0.05) is 18.4 Å². The number of hydrogen-bond donors (Lipinski definition) is 2. The first-order valence-electron chi connectivity index (χ1n) is 4.39. The van der Waals surface area contributed by atoms with Crippen LogP contribution in [0.1, 0.15) is 19.3 Å². The Morgan fingerprint density at radius 3 is 3.00 bits per heavy atom. The van der Waals surface area contributed by atoms with Crippen LogP contribution in [-0.2, 0) is 0 Å². The summed E-state index contributed by atoms with van der Waals surface area (Å²) in [5, 5.41) is 4.97. The molecule has 0 saturated carbocycles. The lowest BCUT2D eigenvalue weighted by molar-refractivity contribution is 0.423. The molecule has 0 atom stereocenters. The lowest BCUT2D eigenvalue weighted by atomic mass is 10.1. The van der Waals surface area contributed by atoms with E-state index in [2.05, 4.69) is 11.9 Å². The van der Waals surface area contributed by atoms with Crippen molar-refractivity contribution in [2.45, 2.75) is 19.3 Å². The normalized spacial score (nSPS) is 20.2. The zero-order valence-electron chi connectivity index (χ0n) is 7.42. The van der Waals surface area contributed by atoms with E-state index in [-0.39, 0.29) is 0 Å². The quantitative estimate of drug-likeness (QED) is 0.374. The van der Waals surface area contributed by atoms with Crippen molar-refractivity contribution in [3.8, 4) is 0 Å². The molecule has 0 spiro atoms. The summed E-state index contributed by atoms with van der Waals surface area (Å²) in [5.74, 6) is 5.66. The third kappa shape index (κ3) is 2.96. The number of nitrogens with one attached hydrogen (secondary N) is 1. The van der Waals surface area contributed by atoms with Gasteiger partial charge in [0.2, 0.25) is 0 Å². The number of hydrazine groups is 1. The van der Waals surface area contributed by atoms with E-state index in [4.69, 9.17) is 5.84 Å². The van der Waals surface area contributed by atoms with Gasteiger partial charge in [0.1, 0.15) is 0 Å². The molecule has 1 heterocycles. The fourth-order valence-electron chi connectivity index (χ4n) is 1.29. The average Bonchev–Trinajstić information content (AvgIpc) is 2.06. The van der Waals surface area contributed by atoms with Crippen LogP contribution in [0.15, 0.2) is 24.6 Å². The van der Waals surface area contributed by atoms with Gasteiger partial charge in [-0.2, -0.15) is 0 Å². The van der Waals surface area contributed by atoms with Crippen LogP contribution in [0.5, 0.6) is 0 Å². The van der Waals surface area contributed by atoms with Crippen molar-refractivity contribution in [2.24, 2.45) is 5.84 Å². The molecular weight excluding hydrogens is 150 g/mol. The van der Waals surface area contributed by atoms with E-state index >= 15 is 0 Å². The number of nitrogens with two attached hydrogens (primary N) is 1. The van der Waals surface area contributed by atoms with Crippen LogP contribution in [0.2, 0.25) is 0 Å². The van der Waals surface area contributed by atoms with E-state index in [0.29, 0.717) is 6.54 Å². The van der Waals surface area contributed by atoms with Gasteiger partial charge in [-0.3, -0.25) is 0 Å². The molecule has 0 unspecified atom stereocenters. The smallest absolute Gasteiger partial charge is 0.0514 e. The van der Waals surface area contributed by atoms with Gasteiger partial charge in [-0.1, -0.05) is 6.08 Å². The summed E-state index contributed by atoms with van der Waals surface area (Å²) in [4.78, 5) is 0. The maximum Gasteiger partial charge on any atom is 0.0514 e. The van der Waals surface area contributed by atoms with Crippen molar-refractivity contribution >= 4 is 0 Å². The Balaban J connectivity index is 2.36. The van der Waals surface area contributed by atoms with Crippen LogP contribution in [0, 0.1) is 0 Å². The van der Waals surface area contributed by atoms with Gasteiger partial charge in [0.15, 0.2) is 0 Å². The van der Waals surface area contributed by atoms with E-state index in [1.54, 1.807) is 11.1 Å². The SMILES string of the molecule is C=CCN(N)/C=C1/CCCCN1. The van der Waals surface area contributed by atoms with Crippen LogP contribution < -0.4 is 11.2 Å². The highest BCUT2D eigenvalue weighted by molar-refractivity contribution is 5.01. The first-order valence-corrected chi connectivity index (χ1v) is 4.39. The Kier molecular flexibility index (Phi) is 3.67. The minimum Gasteiger partial charge on any atom is -0.387 e. The average molecular weight is 167 g/mol. The summed E-state index contributed by atoms with van der Waals surface area (Å²) in [7, 11) is 0. The number of rotatable bonds is 3. The summed E-state index contributed by atoms with van der Waals surface area (Å²) < 4.78 is 0. The second-order valence-corrected chi connectivity index (χ2v) is 3.02. The minimum absolute atomic E-state index is 0.700. The molecule has 0 aromatic heterocycles. The first kappa shape index (κ1) is 9.13. The molecule has 0 amide bonds. The second-order valence-electron chi connectivity index (χ2n) is 3.02. The van der Waals surface area contributed by atoms with Gasteiger partial charge in [0.05, 0.1) is 6.54 Å². The zero-order valence-corrected chi connectivity index (χ0v) is 7.42. The van der Waals surface area contributed by atoms with Gasteiger partial charge >= 0.3 is 0 Å². The summed E-state index contributed by atoms with van der Waals surface area (Å²) in [5.41, 5.74) is 1.24. The predicted octanol–water partition coefficient (Wildman–Crippen LogP) is 0.963. The molecule has 3 heteroatoms. The fourth-order valence-corrected chi connectivity index (χ4v) is 1.29. The molecule has 0 aromatic rings. The summed E-state index contributed by atoms with van der Waals surface area (Å²) in [6, 6.07) is 0. The molecule has 0 bridgehead atoms. The molecule has 1 saturated heterocycles. The van der Waals surface area contributed by atoms with Crippen molar-refractivity contribution < 1.29 is 0 Å². The highest BCUT2D eigenvalue weighted by atomic mass is 15.4. The maximum atomic E-state index is 5.66. The third-order valence-electron chi connectivity index (χ3n) is 1.89.